The summed E-state index contributed by atoms with van der Waals surface area (Å²) in [7, 11) is -5.68. The van der Waals surface area contributed by atoms with E-state index in [0.29, 0.717) is 12.1 Å². The first-order chi connectivity index (χ1) is 12.5. The number of ether oxygens (including phenoxy) is 1. The molecule has 0 saturated heterocycles. The number of carbonyl (C=O) groups is 1. The van der Waals surface area contributed by atoms with Gasteiger partial charge in [-0.3, -0.25) is 4.79 Å². The van der Waals surface area contributed by atoms with E-state index in [1.54, 1.807) is 0 Å². The third kappa shape index (κ3) is 6.98. The van der Waals surface area contributed by atoms with Gasteiger partial charge in [0, 0.05) is 0 Å². The molecule has 28 heavy (non-hydrogen) atoms. The number of rotatable bonds is 7. The Morgan fingerprint density at radius 1 is 1.21 bits per heavy atom. The van der Waals surface area contributed by atoms with Crippen molar-refractivity contribution in [3.63, 3.8) is 0 Å². The Morgan fingerprint density at radius 3 is 2.29 bits per heavy atom. The quantitative estimate of drug-likeness (QED) is 0.613. The van der Waals surface area contributed by atoms with Gasteiger partial charge in [-0.2, -0.15) is 26.3 Å². The highest BCUT2D eigenvalue weighted by Gasteiger charge is 2.46. The molecule has 0 fully saturated rings. The van der Waals surface area contributed by atoms with Crippen LogP contribution in [0.4, 0.5) is 30.7 Å². The zero-order valence-electron chi connectivity index (χ0n) is 13.7. The summed E-state index contributed by atoms with van der Waals surface area (Å²) in [5, 5.41) is 0.950. The second-order valence-electron chi connectivity index (χ2n) is 5.34. The van der Waals surface area contributed by atoms with Gasteiger partial charge in [0.2, 0.25) is 0 Å². The van der Waals surface area contributed by atoms with Gasteiger partial charge >= 0.3 is 21.7 Å². The second-order valence-corrected chi connectivity index (χ2v) is 7.45. The van der Waals surface area contributed by atoms with Gasteiger partial charge in [0.05, 0.1) is 16.6 Å². The van der Waals surface area contributed by atoms with Crippen molar-refractivity contribution in [1.29, 1.82) is 0 Å². The summed E-state index contributed by atoms with van der Waals surface area (Å²) < 4.78 is 115. The summed E-state index contributed by atoms with van der Waals surface area (Å²) in [6.45, 7) is -1.50. The van der Waals surface area contributed by atoms with Crippen molar-refractivity contribution >= 4 is 27.5 Å². The van der Waals surface area contributed by atoms with Crippen LogP contribution in [-0.4, -0.2) is 45.2 Å². The maximum absolute atomic E-state index is 13.8. The third-order valence-corrected chi connectivity index (χ3v) is 4.50. The number of alkyl halides is 6. The maximum atomic E-state index is 13.8. The fraction of sp³-hybridized carbons (Fsp3) is 0.462. The monoisotopic (exact) mass is 460 g/mol. The van der Waals surface area contributed by atoms with Gasteiger partial charge in [-0.15, -0.1) is 0 Å². The fourth-order valence-corrected chi connectivity index (χ4v) is 2.64. The molecule has 2 N–H and O–H groups in total. The molecular formula is C13H12ClF7N2O4S. The molecule has 0 heterocycles. The van der Waals surface area contributed by atoms with Crippen molar-refractivity contribution in [2.24, 2.45) is 0 Å². The van der Waals surface area contributed by atoms with Gasteiger partial charge in [0.1, 0.15) is 13.2 Å². The Balaban J connectivity index is 2.88. The van der Waals surface area contributed by atoms with Crippen molar-refractivity contribution < 1.29 is 48.7 Å². The first-order valence-electron chi connectivity index (χ1n) is 7.09. The van der Waals surface area contributed by atoms with Gasteiger partial charge in [0.15, 0.2) is 11.6 Å². The van der Waals surface area contributed by atoms with Crippen LogP contribution in [0.2, 0.25) is 5.02 Å². The van der Waals surface area contributed by atoms with Crippen molar-refractivity contribution in [1.82, 2.24) is 10.0 Å². The SMILES string of the molecule is CC(COc1cc(C(=O)NCC(F)(F)F)c(Cl)cc1F)NS(=O)(=O)C(F)(F)F. The molecule has 0 bridgehead atoms. The molecule has 1 atom stereocenters. The molecule has 1 aromatic carbocycles. The lowest BCUT2D eigenvalue weighted by Gasteiger charge is -2.17. The van der Waals surface area contributed by atoms with Crippen LogP contribution >= 0.6 is 11.6 Å². The number of hydrogen-bond donors (Lipinski definition) is 2. The van der Waals surface area contributed by atoms with Gasteiger partial charge in [-0.1, -0.05) is 11.6 Å². The molecular weight excluding hydrogens is 449 g/mol. The van der Waals surface area contributed by atoms with Crippen LogP contribution in [0.1, 0.15) is 17.3 Å². The molecule has 0 radical (unpaired) electrons. The molecule has 1 aromatic rings. The lowest BCUT2D eigenvalue weighted by atomic mass is 10.2. The largest absolute Gasteiger partial charge is 0.511 e. The Hall–Kier alpha value is -1.80. The number of halogens is 8. The van der Waals surface area contributed by atoms with E-state index in [2.05, 4.69) is 0 Å². The molecule has 1 amide bonds. The minimum Gasteiger partial charge on any atom is -0.489 e. The average molecular weight is 461 g/mol. The van der Waals surface area contributed by atoms with Crippen LogP contribution in [0.3, 0.4) is 0 Å². The molecule has 0 aliphatic rings. The fourth-order valence-electron chi connectivity index (χ4n) is 1.67. The van der Waals surface area contributed by atoms with E-state index in [9.17, 15) is 43.9 Å². The van der Waals surface area contributed by atoms with E-state index in [4.69, 9.17) is 16.3 Å². The van der Waals surface area contributed by atoms with Crippen LogP contribution in [0.25, 0.3) is 0 Å². The number of hydrogen-bond acceptors (Lipinski definition) is 4. The second kappa shape index (κ2) is 8.69. The molecule has 0 saturated carbocycles. The summed E-state index contributed by atoms with van der Waals surface area (Å²) in [5.74, 6) is -3.22. The molecule has 1 rings (SSSR count). The average Bonchev–Trinajstić information content (AvgIpc) is 2.49. The van der Waals surface area contributed by atoms with E-state index in [0.717, 1.165) is 6.92 Å². The van der Waals surface area contributed by atoms with Crippen molar-refractivity contribution in [3.8, 4) is 5.75 Å². The highest BCUT2D eigenvalue weighted by atomic mass is 35.5. The van der Waals surface area contributed by atoms with Gasteiger partial charge < -0.3 is 10.1 Å². The zero-order valence-corrected chi connectivity index (χ0v) is 15.3. The minimum absolute atomic E-state index is 0.546. The predicted molar refractivity (Wildman–Crippen MR) is 82.9 cm³/mol. The van der Waals surface area contributed by atoms with Crippen LogP contribution in [0, 0.1) is 5.82 Å². The summed E-state index contributed by atoms with van der Waals surface area (Å²) >= 11 is 5.59. The molecule has 0 spiro atoms. The van der Waals surface area contributed by atoms with E-state index in [-0.39, 0.29) is 0 Å². The summed E-state index contributed by atoms with van der Waals surface area (Å²) in [5.41, 5.74) is -6.16. The molecule has 0 aliphatic heterocycles. The van der Waals surface area contributed by atoms with Crippen molar-refractivity contribution in [2.45, 2.75) is 24.7 Å². The smallest absolute Gasteiger partial charge is 0.489 e. The number of benzene rings is 1. The normalized spacial score (nSPS) is 13.9. The van der Waals surface area contributed by atoms with Crippen LogP contribution in [0.15, 0.2) is 12.1 Å². The summed E-state index contributed by atoms with van der Waals surface area (Å²) in [4.78, 5) is 11.7. The highest BCUT2D eigenvalue weighted by Crippen LogP contribution is 2.27. The number of amides is 1. The maximum Gasteiger partial charge on any atom is 0.511 e. The standard InChI is InChI=1S/C13H12ClF7N2O4S/c1-6(23-28(25,26)13(19,20)21)4-27-10-2-7(8(14)3-9(10)15)11(24)22-5-12(16,17)18/h2-3,6,23H,4-5H2,1H3,(H,22,24). The summed E-state index contributed by atoms with van der Waals surface area (Å²) in [6, 6.07) is -0.289. The van der Waals surface area contributed by atoms with Crippen LogP contribution in [0.5, 0.6) is 5.75 Å². The first-order valence-corrected chi connectivity index (χ1v) is 8.95. The number of nitrogens with one attached hydrogen (secondary N) is 2. The van der Waals surface area contributed by atoms with E-state index >= 15 is 0 Å². The molecule has 6 nitrogen and oxygen atoms in total. The van der Waals surface area contributed by atoms with Gasteiger partial charge in [-0.05, 0) is 19.1 Å². The number of sulfonamides is 1. The Kier molecular flexibility index (Phi) is 7.53. The van der Waals surface area contributed by atoms with Crippen LogP contribution < -0.4 is 14.8 Å². The Morgan fingerprint density at radius 2 is 1.79 bits per heavy atom. The Labute approximate surface area is 159 Å². The molecule has 0 aliphatic carbocycles. The molecule has 15 heteroatoms. The first kappa shape index (κ1) is 24.2. The number of carbonyl (C=O) groups excluding carboxylic acids is 1. The topological polar surface area (TPSA) is 84.5 Å². The lowest BCUT2D eigenvalue weighted by Crippen LogP contribution is -2.43. The Bertz CT molecular complexity index is 827. The lowest BCUT2D eigenvalue weighted by molar-refractivity contribution is -0.123. The van der Waals surface area contributed by atoms with Gasteiger partial charge in [-0.25, -0.2) is 17.5 Å². The van der Waals surface area contributed by atoms with E-state index in [1.165, 1.54) is 10.0 Å². The predicted octanol–water partition coefficient (Wildman–Crippen LogP) is 2.98. The van der Waals surface area contributed by atoms with Crippen molar-refractivity contribution in [2.75, 3.05) is 13.2 Å². The van der Waals surface area contributed by atoms with E-state index < -0.39 is 69.0 Å². The highest BCUT2D eigenvalue weighted by molar-refractivity contribution is 7.90. The van der Waals surface area contributed by atoms with E-state index in [1.807, 2.05) is 0 Å². The van der Waals surface area contributed by atoms with Gasteiger partial charge in [0.25, 0.3) is 5.91 Å². The molecule has 160 valence electrons. The summed E-state index contributed by atoms with van der Waals surface area (Å²) in [6.07, 6.45) is -4.72. The van der Waals surface area contributed by atoms with Crippen LogP contribution in [-0.2, 0) is 10.0 Å². The molecule has 0 aromatic heterocycles. The van der Waals surface area contributed by atoms with Crippen molar-refractivity contribution in [3.05, 3.63) is 28.5 Å². The minimum atomic E-state index is -5.68. The zero-order chi connectivity index (χ0) is 21.9. The molecule has 1 unspecified atom stereocenters. The third-order valence-electron chi connectivity index (χ3n) is 2.87.